The Bertz CT molecular complexity index is 219. The van der Waals surface area contributed by atoms with E-state index in [1.165, 1.54) is 0 Å². The highest BCUT2D eigenvalue weighted by atomic mass is 16.2. The van der Waals surface area contributed by atoms with Crippen molar-refractivity contribution in [1.82, 2.24) is 10.2 Å². The summed E-state index contributed by atoms with van der Waals surface area (Å²) in [6, 6.07) is -0.121. The number of hydrogen-bond acceptors (Lipinski definition) is 3. The van der Waals surface area contributed by atoms with Crippen molar-refractivity contribution < 1.29 is 9.59 Å². The van der Waals surface area contributed by atoms with Gasteiger partial charge in [-0.3, -0.25) is 9.59 Å². The first-order chi connectivity index (χ1) is 7.01. The molecule has 3 N–H and O–H groups in total. The van der Waals surface area contributed by atoms with Gasteiger partial charge in [0.05, 0.1) is 6.54 Å². The van der Waals surface area contributed by atoms with Crippen molar-refractivity contribution in [1.29, 1.82) is 0 Å². The zero-order chi connectivity index (χ0) is 11.8. The highest BCUT2D eigenvalue weighted by Crippen LogP contribution is 1.92. The molecule has 0 fully saturated rings. The van der Waals surface area contributed by atoms with Gasteiger partial charge in [-0.2, -0.15) is 0 Å². The maximum absolute atomic E-state index is 11.3. The summed E-state index contributed by atoms with van der Waals surface area (Å²) in [5, 5.41) is 2.55. The fourth-order valence-corrected chi connectivity index (χ4v) is 0.940. The Balaban J connectivity index is 3.76. The van der Waals surface area contributed by atoms with E-state index in [2.05, 4.69) is 5.32 Å². The second kappa shape index (κ2) is 7.23. The summed E-state index contributed by atoms with van der Waals surface area (Å²) < 4.78 is 0. The van der Waals surface area contributed by atoms with Gasteiger partial charge < -0.3 is 16.0 Å². The molecule has 1 unspecified atom stereocenters. The number of likely N-dealkylation sites (N-methyl/N-ethyl adjacent to an activating group) is 1. The minimum atomic E-state index is -0.165. The van der Waals surface area contributed by atoms with Crippen molar-refractivity contribution in [2.75, 3.05) is 20.1 Å². The van der Waals surface area contributed by atoms with Crippen LogP contribution >= 0.6 is 0 Å². The van der Waals surface area contributed by atoms with Crippen LogP contribution in [0.1, 0.15) is 26.7 Å². The highest BCUT2D eigenvalue weighted by Gasteiger charge is 2.10. The smallest absolute Gasteiger partial charge is 0.241 e. The number of rotatable bonds is 6. The van der Waals surface area contributed by atoms with Crippen molar-refractivity contribution in [2.24, 2.45) is 5.73 Å². The Hall–Kier alpha value is -1.10. The molecule has 5 nitrogen and oxygen atoms in total. The summed E-state index contributed by atoms with van der Waals surface area (Å²) in [7, 11) is 1.70. The molecule has 0 radical (unpaired) electrons. The van der Waals surface area contributed by atoms with E-state index < -0.39 is 0 Å². The van der Waals surface area contributed by atoms with Crippen LogP contribution < -0.4 is 11.1 Å². The Labute approximate surface area is 91.0 Å². The van der Waals surface area contributed by atoms with Crippen molar-refractivity contribution >= 4 is 11.8 Å². The zero-order valence-electron chi connectivity index (χ0n) is 9.75. The molecule has 88 valence electrons. The van der Waals surface area contributed by atoms with Crippen molar-refractivity contribution in [3.05, 3.63) is 0 Å². The second-order valence-corrected chi connectivity index (χ2v) is 3.56. The average molecular weight is 215 g/mol. The van der Waals surface area contributed by atoms with E-state index in [0.717, 1.165) is 6.42 Å². The third-order valence-electron chi connectivity index (χ3n) is 2.31. The maximum atomic E-state index is 11.3. The number of carbonyl (C=O) groups is 2. The van der Waals surface area contributed by atoms with Gasteiger partial charge in [0.15, 0.2) is 0 Å². The van der Waals surface area contributed by atoms with E-state index in [0.29, 0.717) is 6.54 Å². The van der Waals surface area contributed by atoms with Gasteiger partial charge in [0.25, 0.3) is 0 Å². The molecule has 1 atom stereocenters. The van der Waals surface area contributed by atoms with Crippen LogP contribution in [0.2, 0.25) is 0 Å². The molecular weight excluding hydrogens is 194 g/mol. The molecule has 0 aromatic heterocycles. The molecule has 15 heavy (non-hydrogen) atoms. The van der Waals surface area contributed by atoms with E-state index in [4.69, 9.17) is 5.73 Å². The van der Waals surface area contributed by atoms with Crippen LogP contribution in [-0.4, -0.2) is 42.9 Å². The van der Waals surface area contributed by atoms with Crippen LogP contribution in [0.5, 0.6) is 0 Å². The van der Waals surface area contributed by atoms with Gasteiger partial charge in [0.1, 0.15) is 0 Å². The molecule has 0 aliphatic carbocycles. The summed E-state index contributed by atoms with van der Waals surface area (Å²) in [5.41, 5.74) is 5.61. The second-order valence-electron chi connectivity index (χ2n) is 3.56. The van der Waals surface area contributed by atoms with E-state index in [9.17, 15) is 9.59 Å². The third-order valence-corrected chi connectivity index (χ3v) is 2.31. The first-order valence-corrected chi connectivity index (χ1v) is 5.27. The molecule has 0 aliphatic rings. The Morgan fingerprint density at radius 1 is 1.40 bits per heavy atom. The zero-order valence-corrected chi connectivity index (χ0v) is 9.75. The van der Waals surface area contributed by atoms with Crippen LogP contribution in [0.4, 0.5) is 0 Å². The molecule has 0 aromatic carbocycles. The molecule has 0 aromatic rings. The number of nitrogens with zero attached hydrogens (tertiary/aromatic N) is 1. The van der Waals surface area contributed by atoms with Crippen molar-refractivity contribution in [2.45, 2.75) is 32.7 Å². The quantitative estimate of drug-likeness (QED) is 0.639. The number of amides is 2. The standard InChI is InChI=1S/C10H21N3O2/c1-4-8(11)6-9(14)12-7-10(15)13(3)5-2/h8H,4-7,11H2,1-3H3,(H,12,14). The fraction of sp³-hybridized carbons (Fsp3) is 0.800. The lowest BCUT2D eigenvalue weighted by Crippen LogP contribution is -2.39. The third kappa shape index (κ3) is 6.06. The largest absolute Gasteiger partial charge is 0.347 e. The summed E-state index contributed by atoms with van der Waals surface area (Å²) in [4.78, 5) is 24.1. The van der Waals surface area contributed by atoms with Gasteiger partial charge >= 0.3 is 0 Å². The summed E-state index contributed by atoms with van der Waals surface area (Å²) >= 11 is 0. The van der Waals surface area contributed by atoms with Gasteiger partial charge in [0, 0.05) is 26.1 Å². The summed E-state index contributed by atoms with van der Waals surface area (Å²) in [6.07, 6.45) is 1.04. The molecule has 0 saturated carbocycles. The SMILES string of the molecule is CCC(N)CC(=O)NCC(=O)N(C)CC. The Kier molecular flexibility index (Phi) is 6.70. The molecule has 2 amide bonds. The van der Waals surface area contributed by atoms with E-state index in [-0.39, 0.29) is 30.8 Å². The predicted molar refractivity (Wildman–Crippen MR) is 59.2 cm³/mol. The number of nitrogens with one attached hydrogen (secondary N) is 1. The molecular formula is C10H21N3O2. The summed E-state index contributed by atoms with van der Waals surface area (Å²) in [5.74, 6) is -0.252. The molecule has 0 saturated heterocycles. The summed E-state index contributed by atoms with van der Waals surface area (Å²) in [6.45, 7) is 4.50. The van der Waals surface area contributed by atoms with Crippen molar-refractivity contribution in [3.63, 3.8) is 0 Å². The minimum absolute atomic E-state index is 0.0552. The van der Waals surface area contributed by atoms with Gasteiger partial charge in [-0.25, -0.2) is 0 Å². The van der Waals surface area contributed by atoms with Gasteiger partial charge in [0.2, 0.25) is 11.8 Å². The highest BCUT2D eigenvalue weighted by molar-refractivity contribution is 5.84. The van der Waals surface area contributed by atoms with Crippen LogP contribution in [0.25, 0.3) is 0 Å². The molecule has 0 bridgehead atoms. The molecule has 5 heteroatoms. The van der Waals surface area contributed by atoms with E-state index in [1.807, 2.05) is 13.8 Å². The Morgan fingerprint density at radius 2 is 2.00 bits per heavy atom. The van der Waals surface area contributed by atoms with Crippen LogP contribution in [0.15, 0.2) is 0 Å². The predicted octanol–water partition coefficient (Wildman–Crippen LogP) is -0.292. The van der Waals surface area contributed by atoms with E-state index in [1.54, 1.807) is 11.9 Å². The molecule has 0 rings (SSSR count). The number of hydrogen-bond donors (Lipinski definition) is 2. The fourth-order valence-electron chi connectivity index (χ4n) is 0.940. The number of nitrogens with two attached hydrogens (primary N) is 1. The topological polar surface area (TPSA) is 75.4 Å². The Morgan fingerprint density at radius 3 is 2.47 bits per heavy atom. The van der Waals surface area contributed by atoms with Crippen LogP contribution in [0.3, 0.4) is 0 Å². The monoisotopic (exact) mass is 215 g/mol. The first-order valence-electron chi connectivity index (χ1n) is 5.27. The molecule has 0 spiro atoms. The molecule has 0 aliphatic heterocycles. The van der Waals surface area contributed by atoms with Gasteiger partial charge in [-0.1, -0.05) is 6.92 Å². The normalized spacial score (nSPS) is 12.0. The van der Waals surface area contributed by atoms with Crippen LogP contribution in [-0.2, 0) is 9.59 Å². The number of carbonyl (C=O) groups excluding carboxylic acids is 2. The lowest BCUT2D eigenvalue weighted by molar-refractivity contribution is -0.131. The van der Waals surface area contributed by atoms with Crippen molar-refractivity contribution in [3.8, 4) is 0 Å². The van der Waals surface area contributed by atoms with Gasteiger partial charge in [-0.15, -0.1) is 0 Å². The lowest BCUT2D eigenvalue weighted by Gasteiger charge is -2.15. The minimum Gasteiger partial charge on any atom is -0.347 e. The first kappa shape index (κ1) is 13.9. The van der Waals surface area contributed by atoms with Crippen LogP contribution in [0, 0.1) is 0 Å². The molecule has 0 heterocycles. The maximum Gasteiger partial charge on any atom is 0.241 e. The van der Waals surface area contributed by atoms with E-state index >= 15 is 0 Å². The lowest BCUT2D eigenvalue weighted by atomic mass is 10.1. The average Bonchev–Trinajstić information content (AvgIpc) is 2.24. The van der Waals surface area contributed by atoms with Gasteiger partial charge in [-0.05, 0) is 13.3 Å².